The lowest BCUT2D eigenvalue weighted by atomic mass is 10.2. The van der Waals surface area contributed by atoms with E-state index in [2.05, 4.69) is 43.1 Å². The highest BCUT2D eigenvalue weighted by atomic mass is 32.2. The zero-order valence-electron chi connectivity index (χ0n) is 9.83. The van der Waals surface area contributed by atoms with E-state index in [-0.39, 0.29) is 0 Å². The molecule has 16 heavy (non-hydrogen) atoms. The van der Waals surface area contributed by atoms with Crippen LogP contribution in [0.3, 0.4) is 0 Å². The molecular formula is C14H19NS. The molecule has 0 amide bonds. The van der Waals surface area contributed by atoms with Crippen molar-refractivity contribution in [3.05, 3.63) is 42.0 Å². The van der Waals surface area contributed by atoms with Gasteiger partial charge in [0.15, 0.2) is 0 Å². The molecule has 2 heteroatoms. The summed E-state index contributed by atoms with van der Waals surface area (Å²) in [6.07, 6.45) is 2.69. The van der Waals surface area contributed by atoms with Crippen LogP contribution < -0.4 is 5.32 Å². The molecule has 2 rings (SSSR count). The van der Waals surface area contributed by atoms with Crippen LogP contribution in [0.1, 0.15) is 18.4 Å². The van der Waals surface area contributed by atoms with Gasteiger partial charge in [-0.05, 0) is 31.9 Å². The SMILES string of the molecule is C=C(CNC1CC1)CSc1ccc(C)cc1. The molecule has 1 aromatic rings. The number of benzene rings is 1. The minimum Gasteiger partial charge on any atom is -0.310 e. The minimum absolute atomic E-state index is 0.779. The summed E-state index contributed by atoms with van der Waals surface area (Å²) >= 11 is 1.87. The van der Waals surface area contributed by atoms with Crippen LogP contribution in [0, 0.1) is 6.92 Å². The Morgan fingerprint density at radius 1 is 1.38 bits per heavy atom. The van der Waals surface area contributed by atoms with Crippen molar-refractivity contribution in [3.8, 4) is 0 Å². The van der Waals surface area contributed by atoms with Gasteiger partial charge in [-0.25, -0.2) is 0 Å². The van der Waals surface area contributed by atoms with Gasteiger partial charge in [-0.15, -0.1) is 11.8 Å². The van der Waals surface area contributed by atoms with Gasteiger partial charge in [-0.3, -0.25) is 0 Å². The average Bonchev–Trinajstić information content (AvgIpc) is 3.09. The summed E-state index contributed by atoms with van der Waals surface area (Å²) in [5, 5.41) is 3.49. The Hall–Kier alpha value is -0.730. The Morgan fingerprint density at radius 2 is 2.06 bits per heavy atom. The van der Waals surface area contributed by atoms with Crippen LogP contribution in [0.25, 0.3) is 0 Å². The summed E-state index contributed by atoms with van der Waals surface area (Å²) in [6, 6.07) is 9.46. The van der Waals surface area contributed by atoms with Crippen LogP contribution >= 0.6 is 11.8 Å². The first-order valence-electron chi connectivity index (χ1n) is 5.83. The fourth-order valence-corrected chi connectivity index (χ4v) is 2.25. The van der Waals surface area contributed by atoms with Crippen molar-refractivity contribution < 1.29 is 0 Å². The van der Waals surface area contributed by atoms with Crippen molar-refractivity contribution in [1.29, 1.82) is 0 Å². The molecule has 86 valence electrons. The van der Waals surface area contributed by atoms with E-state index in [0.29, 0.717) is 0 Å². The predicted octanol–water partition coefficient (Wildman–Crippen LogP) is 3.40. The van der Waals surface area contributed by atoms with Gasteiger partial charge in [0.2, 0.25) is 0 Å². The van der Waals surface area contributed by atoms with Gasteiger partial charge >= 0.3 is 0 Å². The molecule has 1 N–H and O–H groups in total. The summed E-state index contributed by atoms with van der Waals surface area (Å²) in [5.74, 6) is 1.02. The molecule has 0 bridgehead atoms. The van der Waals surface area contributed by atoms with Crippen molar-refractivity contribution in [2.75, 3.05) is 12.3 Å². The highest BCUT2D eigenvalue weighted by molar-refractivity contribution is 7.99. The third-order valence-electron chi connectivity index (χ3n) is 2.68. The molecule has 0 radical (unpaired) electrons. The van der Waals surface area contributed by atoms with Gasteiger partial charge in [0, 0.05) is 23.2 Å². The molecule has 0 unspecified atom stereocenters. The second kappa shape index (κ2) is 5.55. The molecule has 0 atom stereocenters. The number of hydrogen-bond acceptors (Lipinski definition) is 2. The summed E-state index contributed by atoms with van der Waals surface area (Å²) in [4.78, 5) is 1.33. The largest absolute Gasteiger partial charge is 0.310 e. The lowest BCUT2D eigenvalue weighted by Gasteiger charge is -2.06. The Morgan fingerprint density at radius 3 is 2.69 bits per heavy atom. The van der Waals surface area contributed by atoms with Gasteiger partial charge in [0.25, 0.3) is 0 Å². The first-order valence-corrected chi connectivity index (χ1v) is 6.82. The van der Waals surface area contributed by atoms with Crippen LogP contribution in [0.5, 0.6) is 0 Å². The molecule has 0 aromatic heterocycles. The second-order valence-corrected chi connectivity index (χ2v) is 5.56. The lowest BCUT2D eigenvalue weighted by molar-refractivity contribution is 0.736. The summed E-state index contributed by atoms with van der Waals surface area (Å²) in [6.45, 7) is 7.20. The topological polar surface area (TPSA) is 12.0 Å². The standard InChI is InChI=1S/C14H19NS/c1-11-3-7-14(8-4-11)16-10-12(2)9-15-13-5-6-13/h3-4,7-8,13,15H,2,5-6,9-10H2,1H3. The molecule has 1 saturated carbocycles. The van der Waals surface area contributed by atoms with Gasteiger partial charge in [0.1, 0.15) is 0 Å². The summed E-state index contributed by atoms with van der Waals surface area (Å²) in [7, 11) is 0. The molecule has 1 aromatic carbocycles. The van der Waals surface area contributed by atoms with E-state index in [1.807, 2.05) is 11.8 Å². The van der Waals surface area contributed by atoms with Gasteiger partial charge in [-0.1, -0.05) is 29.8 Å². The first-order chi connectivity index (χ1) is 7.74. The van der Waals surface area contributed by atoms with Crippen LogP contribution in [0.4, 0.5) is 0 Å². The number of hydrogen-bond donors (Lipinski definition) is 1. The fraction of sp³-hybridized carbons (Fsp3) is 0.429. The maximum Gasteiger partial charge on any atom is 0.0200 e. The normalized spacial score (nSPS) is 15.1. The Kier molecular flexibility index (Phi) is 4.08. The predicted molar refractivity (Wildman–Crippen MR) is 72.1 cm³/mol. The van der Waals surface area contributed by atoms with Crippen LogP contribution in [-0.2, 0) is 0 Å². The van der Waals surface area contributed by atoms with Crippen molar-refractivity contribution >= 4 is 11.8 Å². The third kappa shape index (κ3) is 4.03. The van der Waals surface area contributed by atoms with E-state index >= 15 is 0 Å². The maximum atomic E-state index is 4.10. The second-order valence-electron chi connectivity index (χ2n) is 4.51. The zero-order valence-corrected chi connectivity index (χ0v) is 10.6. The van der Waals surface area contributed by atoms with Crippen molar-refractivity contribution in [3.63, 3.8) is 0 Å². The van der Waals surface area contributed by atoms with Crippen LogP contribution in [-0.4, -0.2) is 18.3 Å². The van der Waals surface area contributed by atoms with Gasteiger partial charge < -0.3 is 5.32 Å². The van der Waals surface area contributed by atoms with Crippen molar-refractivity contribution in [1.82, 2.24) is 5.32 Å². The van der Waals surface area contributed by atoms with E-state index < -0.39 is 0 Å². The van der Waals surface area contributed by atoms with Gasteiger partial charge in [0.05, 0.1) is 0 Å². The highest BCUT2D eigenvalue weighted by Crippen LogP contribution is 2.21. The Labute approximate surface area is 102 Å². The van der Waals surface area contributed by atoms with Crippen molar-refractivity contribution in [2.45, 2.75) is 30.7 Å². The zero-order chi connectivity index (χ0) is 11.4. The number of thioether (sulfide) groups is 1. The lowest BCUT2D eigenvalue weighted by Crippen LogP contribution is -2.19. The number of nitrogens with one attached hydrogen (secondary N) is 1. The highest BCUT2D eigenvalue weighted by Gasteiger charge is 2.19. The summed E-state index contributed by atoms with van der Waals surface area (Å²) in [5.41, 5.74) is 2.61. The smallest absolute Gasteiger partial charge is 0.0200 e. The fourth-order valence-electron chi connectivity index (χ4n) is 1.45. The van der Waals surface area contributed by atoms with E-state index in [4.69, 9.17) is 0 Å². The van der Waals surface area contributed by atoms with Crippen molar-refractivity contribution in [2.24, 2.45) is 0 Å². The molecule has 0 spiro atoms. The molecule has 1 aliphatic rings. The molecule has 1 nitrogen and oxygen atoms in total. The van der Waals surface area contributed by atoms with Crippen LogP contribution in [0.15, 0.2) is 41.3 Å². The van der Waals surface area contributed by atoms with E-state index in [9.17, 15) is 0 Å². The molecule has 1 aliphatic carbocycles. The molecule has 1 fully saturated rings. The van der Waals surface area contributed by atoms with Crippen LogP contribution in [0.2, 0.25) is 0 Å². The Balaban J connectivity index is 1.69. The number of rotatable bonds is 6. The van der Waals surface area contributed by atoms with E-state index in [1.165, 1.54) is 28.9 Å². The van der Waals surface area contributed by atoms with E-state index in [0.717, 1.165) is 18.3 Å². The minimum atomic E-state index is 0.779. The average molecular weight is 233 g/mol. The first kappa shape index (κ1) is 11.7. The van der Waals surface area contributed by atoms with Gasteiger partial charge in [-0.2, -0.15) is 0 Å². The molecule has 0 saturated heterocycles. The monoisotopic (exact) mass is 233 g/mol. The Bertz CT molecular complexity index is 352. The quantitative estimate of drug-likeness (QED) is 0.597. The number of aryl methyl sites for hydroxylation is 1. The molecule has 0 aliphatic heterocycles. The maximum absolute atomic E-state index is 4.10. The van der Waals surface area contributed by atoms with E-state index in [1.54, 1.807) is 0 Å². The third-order valence-corrected chi connectivity index (χ3v) is 3.84. The molecular weight excluding hydrogens is 214 g/mol. The molecule has 0 heterocycles. The summed E-state index contributed by atoms with van der Waals surface area (Å²) < 4.78 is 0.